The van der Waals surface area contributed by atoms with E-state index < -0.39 is 5.60 Å². The Kier molecular flexibility index (Phi) is 5.25. The highest BCUT2D eigenvalue weighted by Crippen LogP contribution is 2.31. The number of halogens is 2. The molecule has 1 aromatic carbocycles. The molecule has 1 amide bonds. The highest BCUT2D eigenvalue weighted by Gasteiger charge is 2.37. The number of nitrogens with zero attached hydrogens (tertiary/aromatic N) is 1. The fourth-order valence-electron chi connectivity index (χ4n) is 2.60. The molecule has 122 valence electrons. The van der Waals surface area contributed by atoms with Crippen LogP contribution in [0, 0.1) is 0 Å². The molecule has 1 aliphatic heterocycles. The smallest absolute Gasteiger partial charge is 0.266 e. The van der Waals surface area contributed by atoms with Crippen LogP contribution in [-0.2, 0) is 9.53 Å². The molecule has 1 aromatic rings. The lowest BCUT2D eigenvalue weighted by Gasteiger charge is -2.39. The topological polar surface area (TPSA) is 38.8 Å². The maximum absolute atomic E-state index is 12.8. The van der Waals surface area contributed by atoms with Gasteiger partial charge in [0.05, 0.1) is 17.2 Å². The van der Waals surface area contributed by atoms with Crippen molar-refractivity contribution in [1.82, 2.24) is 4.90 Å². The standard InChI is InChI=1S/C16H21Cl2NO3/c1-10-8-19(9-11(2)21-10)15(20)16(3,4)22-14-7-12(17)5-6-13(14)18/h5-7,10-11H,8-9H2,1-4H3/t10-,11-/m0/s1. The van der Waals surface area contributed by atoms with E-state index in [1.165, 1.54) is 0 Å². The fourth-order valence-corrected chi connectivity index (χ4v) is 2.92. The quantitative estimate of drug-likeness (QED) is 0.836. The molecule has 1 fully saturated rings. The summed E-state index contributed by atoms with van der Waals surface area (Å²) >= 11 is 12.1. The van der Waals surface area contributed by atoms with Gasteiger partial charge in [-0.3, -0.25) is 4.79 Å². The van der Waals surface area contributed by atoms with E-state index in [0.29, 0.717) is 28.9 Å². The second-order valence-corrected chi connectivity index (χ2v) is 7.00. The molecular formula is C16H21Cl2NO3. The van der Waals surface area contributed by atoms with Crippen molar-refractivity contribution in [3.05, 3.63) is 28.2 Å². The van der Waals surface area contributed by atoms with E-state index in [9.17, 15) is 4.79 Å². The number of hydrogen-bond donors (Lipinski definition) is 0. The predicted octanol–water partition coefficient (Wildman–Crippen LogP) is 3.79. The van der Waals surface area contributed by atoms with Gasteiger partial charge in [0, 0.05) is 24.2 Å². The van der Waals surface area contributed by atoms with Gasteiger partial charge in [0.1, 0.15) is 5.75 Å². The monoisotopic (exact) mass is 345 g/mol. The van der Waals surface area contributed by atoms with Crippen molar-refractivity contribution in [2.45, 2.75) is 45.5 Å². The molecule has 0 N–H and O–H groups in total. The van der Waals surface area contributed by atoms with Crippen molar-refractivity contribution in [2.24, 2.45) is 0 Å². The van der Waals surface area contributed by atoms with Gasteiger partial charge in [-0.15, -0.1) is 0 Å². The van der Waals surface area contributed by atoms with Crippen LogP contribution in [-0.4, -0.2) is 41.7 Å². The van der Waals surface area contributed by atoms with Crippen LogP contribution in [0.15, 0.2) is 18.2 Å². The first-order chi connectivity index (χ1) is 10.2. The first kappa shape index (κ1) is 17.4. The minimum Gasteiger partial charge on any atom is -0.476 e. The van der Waals surface area contributed by atoms with E-state index >= 15 is 0 Å². The number of rotatable bonds is 3. The molecule has 0 aliphatic carbocycles. The molecule has 6 heteroatoms. The summed E-state index contributed by atoms with van der Waals surface area (Å²) in [6.45, 7) is 8.49. The maximum Gasteiger partial charge on any atom is 0.266 e. The van der Waals surface area contributed by atoms with Crippen molar-refractivity contribution in [3.8, 4) is 5.75 Å². The van der Waals surface area contributed by atoms with Crippen molar-refractivity contribution in [1.29, 1.82) is 0 Å². The van der Waals surface area contributed by atoms with Gasteiger partial charge < -0.3 is 14.4 Å². The average molecular weight is 346 g/mol. The van der Waals surface area contributed by atoms with Gasteiger partial charge in [0.25, 0.3) is 5.91 Å². The van der Waals surface area contributed by atoms with Gasteiger partial charge in [0.15, 0.2) is 5.60 Å². The lowest BCUT2D eigenvalue weighted by molar-refractivity contribution is -0.156. The number of morpholine rings is 1. The Labute approximate surface area is 141 Å². The average Bonchev–Trinajstić information content (AvgIpc) is 2.40. The van der Waals surface area contributed by atoms with Crippen LogP contribution in [0.1, 0.15) is 27.7 Å². The largest absolute Gasteiger partial charge is 0.476 e. The summed E-state index contributed by atoms with van der Waals surface area (Å²) in [6.07, 6.45) is 0.0246. The summed E-state index contributed by atoms with van der Waals surface area (Å²) in [5.41, 5.74) is -1.04. The Bertz CT molecular complexity index is 552. The Morgan fingerprint density at radius 1 is 1.27 bits per heavy atom. The molecular weight excluding hydrogens is 325 g/mol. The first-order valence-electron chi connectivity index (χ1n) is 7.28. The summed E-state index contributed by atoms with van der Waals surface area (Å²) in [4.78, 5) is 14.6. The summed E-state index contributed by atoms with van der Waals surface area (Å²) in [5, 5.41) is 0.935. The normalized spacial score (nSPS) is 22.5. The van der Waals surface area contributed by atoms with Crippen molar-refractivity contribution in [3.63, 3.8) is 0 Å². The molecule has 0 radical (unpaired) electrons. The first-order valence-corrected chi connectivity index (χ1v) is 8.03. The van der Waals surface area contributed by atoms with Crippen molar-refractivity contribution >= 4 is 29.1 Å². The van der Waals surface area contributed by atoms with Crippen LogP contribution in [0.5, 0.6) is 5.75 Å². The molecule has 0 bridgehead atoms. The third-order valence-electron chi connectivity index (χ3n) is 3.48. The van der Waals surface area contributed by atoms with Crippen molar-refractivity contribution in [2.75, 3.05) is 13.1 Å². The molecule has 4 nitrogen and oxygen atoms in total. The van der Waals surface area contributed by atoms with Crippen LogP contribution in [0.2, 0.25) is 10.0 Å². The third kappa shape index (κ3) is 4.06. The van der Waals surface area contributed by atoms with Crippen LogP contribution in [0.3, 0.4) is 0 Å². The van der Waals surface area contributed by atoms with Crippen LogP contribution in [0.25, 0.3) is 0 Å². The minimum atomic E-state index is -1.04. The van der Waals surface area contributed by atoms with E-state index in [-0.39, 0.29) is 18.1 Å². The third-order valence-corrected chi connectivity index (χ3v) is 4.03. The number of carbonyl (C=O) groups excluding carboxylic acids is 1. The Hall–Kier alpha value is -0.970. The summed E-state index contributed by atoms with van der Waals surface area (Å²) in [7, 11) is 0. The number of ether oxygens (including phenoxy) is 2. The van der Waals surface area contributed by atoms with E-state index in [4.69, 9.17) is 32.7 Å². The lowest BCUT2D eigenvalue weighted by atomic mass is 10.1. The van der Waals surface area contributed by atoms with E-state index in [1.807, 2.05) is 13.8 Å². The molecule has 0 aromatic heterocycles. The number of benzene rings is 1. The fraction of sp³-hybridized carbons (Fsp3) is 0.562. The predicted molar refractivity (Wildman–Crippen MR) is 87.8 cm³/mol. The highest BCUT2D eigenvalue weighted by molar-refractivity contribution is 6.34. The van der Waals surface area contributed by atoms with Crippen LogP contribution >= 0.6 is 23.2 Å². The Balaban J connectivity index is 2.15. The summed E-state index contributed by atoms with van der Waals surface area (Å²) in [5.74, 6) is 0.312. The maximum atomic E-state index is 12.8. The summed E-state index contributed by atoms with van der Waals surface area (Å²) in [6, 6.07) is 4.94. The molecule has 0 spiro atoms. The van der Waals surface area contributed by atoms with Gasteiger partial charge in [-0.25, -0.2) is 0 Å². The SMILES string of the molecule is C[C@H]1CN(C(=O)C(C)(C)Oc2cc(Cl)ccc2Cl)C[C@H](C)O1. The number of amides is 1. The molecule has 1 heterocycles. The minimum absolute atomic E-state index is 0.0123. The molecule has 22 heavy (non-hydrogen) atoms. The zero-order valence-electron chi connectivity index (χ0n) is 13.2. The molecule has 2 rings (SSSR count). The van der Waals surface area contributed by atoms with Gasteiger partial charge in [-0.2, -0.15) is 0 Å². The molecule has 0 saturated carbocycles. The second-order valence-electron chi connectivity index (χ2n) is 6.15. The van der Waals surface area contributed by atoms with Crippen LogP contribution < -0.4 is 4.74 Å². The van der Waals surface area contributed by atoms with Gasteiger partial charge in [-0.1, -0.05) is 23.2 Å². The lowest BCUT2D eigenvalue weighted by Crippen LogP contribution is -2.55. The zero-order valence-corrected chi connectivity index (χ0v) is 14.7. The number of hydrogen-bond acceptors (Lipinski definition) is 3. The van der Waals surface area contributed by atoms with Gasteiger partial charge in [-0.05, 0) is 39.8 Å². The van der Waals surface area contributed by atoms with Gasteiger partial charge in [0.2, 0.25) is 0 Å². The molecule has 2 atom stereocenters. The number of carbonyl (C=O) groups is 1. The Morgan fingerprint density at radius 2 is 1.86 bits per heavy atom. The Morgan fingerprint density at radius 3 is 2.45 bits per heavy atom. The second kappa shape index (κ2) is 6.65. The summed E-state index contributed by atoms with van der Waals surface area (Å²) < 4.78 is 11.5. The van der Waals surface area contributed by atoms with Crippen molar-refractivity contribution < 1.29 is 14.3 Å². The highest BCUT2D eigenvalue weighted by atomic mass is 35.5. The van der Waals surface area contributed by atoms with Gasteiger partial charge >= 0.3 is 0 Å². The van der Waals surface area contributed by atoms with E-state index in [2.05, 4.69) is 0 Å². The molecule has 1 saturated heterocycles. The molecule has 0 unspecified atom stereocenters. The van der Waals surface area contributed by atoms with Crippen LogP contribution in [0.4, 0.5) is 0 Å². The molecule has 1 aliphatic rings. The van der Waals surface area contributed by atoms with E-state index in [1.54, 1.807) is 36.9 Å². The van der Waals surface area contributed by atoms with E-state index in [0.717, 1.165) is 0 Å². The zero-order chi connectivity index (χ0) is 16.5.